The maximum absolute atomic E-state index is 15.3. The fraction of sp³-hybridized carbons (Fsp3) is 0.346. The van der Waals surface area contributed by atoms with Crippen LogP contribution < -0.4 is 20.7 Å². The Kier molecular flexibility index (Phi) is 8.98. The maximum atomic E-state index is 15.3. The molecule has 7 nitrogen and oxygen atoms in total. The molecule has 0 unspecified atom stereocenters. The molecular formula is C26H23F8N3O4. The van der Waals surface area contributed by atoms with E-state index in [0.717, 1.165) is 18.2 Å². The van der Waals surface area contributed by atoms with E-state index in [1.165, 1.54) is 0 Å². The number of amides is 3. The second-order valence-electron chi connectivity index (χ2n) is 9.20. The highest BCUT2D eigenvalue weighted by atomic mass is 19.4. The van der Waals surface area contributed by atoms with E-state index in [0.29, 0.717) is 36.1 Å². The van der Waals surface area contributed by atoms with Gasteiger partial charge in [0, 0.05) is 50.1 Å². The number of allylic oxidation sites excluding steroid dienone is 1. The summed E-state index contributed by atoms with van der Waals surface area (Å²) in [7, 11) is 0. The van der Waals surface area contributed by atoms with Crippen LogP contribution >= 0.6 is 0 Å². The summed E-state index contributed by atoms with van der Waals surface area (Å²) in [6.45, 7) is -1.90. The van der Waals surface area contributed by atoms with Crippen molar-refractivity contribution in [3.63, 3.8) is 0 Å². The van der Waals surface area contributed by atoms with Crippen LogP contribution in [0.15, 0.2) is 42.5 Å². The first kappa shape index (κ1) is 31.4. The van der Waals surface area contributed by atoms with Gasteiger partial charge in [0.25, 0.3) is 17.8 Å². The van der Waals surface area contributed by atoms with Gasteiger partial charge in [0.1, 0.15) is 11.6 Å². The molecule has 1 aliphatic heterocycles. The number of fused-ring (bicyclic) bond motifs is 1. The molecule has 222 valence electrons. The fourth-order valence-corrected chi connectivity index (χ4v) is 3.94. The Morgan fingerprint density at radius 1 is 1.10 bits per heavy atom. The van der Waals surface area contributed by atoms with Crippen molar-refractivity contribution in [2.45, 2.75) is 37.8 Å². The van der Waals surface area contributed by atoms with Gasteiger partial charge >= 0.3 is 6.18 Å². The third-order valence-electron chi connectivity index (χ3n) is 5.79. The largest absolute Gasteiger partial charge is 0.487 e. The number of alkyl halides is 7. The molecule has 3 rings (SSSR count). The Labute approximate surface area is 227 Å². The Bertz CT molecular complexity index is 1370. The highest BCUT2D eigenvalue weighted by Gasteiger charge is 2.43. The topological polar surface area (TPSA) is 102 Å². The number of nitrogens with zero attached hydrogens (tertiary/aromatic N) is 1. The first-order chi connectivity index (χ1) is 18.9. The number of hydrogen-bond acceptors (Lipinski definition) is 4. The summed E-state index contributed by atoms with van der Waals surface area (Å²) in [5.41, 5.74) is 0.311. The zero-order valence-electron chi connectivity index (χ0n) is 21.3. The van der Waals surface area contributed by atoms with Crippen molar-refractivity contribution in [3.8, 4) is 5.75 Å². The van der Waals surface area contributed by atoms with Crippen molar-refractivity contribution in [1.82, 2.24) is 5.32 Å². The van der Waals surface area contributed by atoms with Crippen LogP contribution in [0.25, 0.3) is 5.57 Å². The van der Waals surface area contributed by atoms with Gasteiger partial charge in [-0.15, -0.1) is 0 Å². The third-order valence-corrected chi connectivity index (χ3v) is 5.79. The lowest BCUT2D eigenvalue weighted by Gasteiger charge is -2.25. The molecule has 0 radical (unpaired) electrons. The van der Waals surface area contributed by atoms with E-state index in [-0.39, 0.29) is 13.0 Å². The minimum absolute atomic E-state index is 0.292. The van der Waals surface area contributed by atoms with Gasteiger partial charge in [0.15, 0.2) is 6.61 Å². The third kappa shape index (κ3) is 7.95. The molecule has 0 spiro atoms. The van der Waals surface area contributed by atoms with Gasteiger partial charge in [-0.2, -0.15) is 13.2 Å². The van der Waals surface area contributed by atoms with Gasteiger partial charge in [0.2, 0.25) is 11.8 Å². The highest BCUT2D eigenvalue weighted by molar-refractivity contribution is 6.10. The number of nitrogens with two attached hydrogens (primary N) is 1. The van der Waals surface area contributed by atoms with Crippen molar-refractivity contribution < 1.29 is 54.2 Å². The smallest absolute Gasteiger partial charge is 0.417 e. The van der Waals surface area contributed by atoms with Gasteiger partial charge in [-0.3, -0.25) is 14.4 Å². The van der Waals surface area contributed by atoms with Crippen molar-refractivity contribution in [2.75, 3.05) is 24.6 Å². The zero-order valence-corrected chi connectivity index (χ0v) is 21.3. The molecule has 41 heavy (non-hydrogen) atoms. The lowest BCUT2D eigenvalue weighted by Crippen LogP contribution is -2.34. The quantitative estimate of drug-likeness (QED) is 0.335. The van der Waals surface area contributed by atoms with E-state index in [1.54, 1.807) is 0 Å². The Balaban J connectivity index is 2.08. The van der Waals surface area contributed by atoms with Crippen LogP contribution in [0.1, 0.15) is 41.3 Å². The number of primary amides is 1. The summed E-state index contributed by atoms with van der Waals surface area (Å²) in [6, 6.07) is 4.12. The summed E-state index contributed by atoms with van der Waals surface area (Å²) in [5, 5.41) is 2.17. The van der Waals surface area contributed by atoms with Crippen LogP contribution in [0.5, 0.6) is 5.75 Å². The Hall–Kier alpha value is -4.17. The minimum atomic E-state index is -5.19. The molecule has 1 aliphatic rings. The summed E-state index contributed by atoms with van der Waals surface area (Å²) in [4.78, 5) is 37.2. The van der Waals surface area contributed by atoms with E-state index in [2.05, 4.69) is 5.32 Å². The number of hydrogen-bond donors (Lipinski definition) is 2. The van der Waals surface area contributed by atoms with Gasteiger partial charge in [-0.05, 0) is 36.4 Å². The van der Waals surface area contributed by atoms with Crippen LogP contribution in [0.3, 0.4) is 0 Å². The van der Waals surface area contributed by atoms with E-state index in [4.69, 9.17) is 10.5 Å². The zero-order chi connectivity index (χ0) is 30.8. The van der Waals surface area contributed by atoms with Crippen LogP contribution in [0.2, 0.25) is 0 Å². The van der Waals surface area contributed by atoms with Gasteiger partial charge < -0.3 is 20.7 Å². The van der Waals surface area contributed by atoms with Crippen LogP contribution in [-0.2, 0) is 15.8 Å². The van der Waals surface area contributed by atoms with Gasteiger partial charge in [0.05, 0.1) is 16.8 Å². The molecule has 0 aromatic heterocycles. The van der Waals surface area contributed by atoms with E-state index >= 15 is 8.78 Å². The number of nitrogens with one attached hydrogen (secondary N) is 1. The Morgan fingerprint density at radius 2 is 1.78 bits per heavy atom. The average molecular weight is 593 g/mol. The lowest BCUT2D eigenvalue weighted by atomic mass is 9.96. The normalized spacial score (nSPS) is 16.1. The molecule has 3 amide bonds. The fourth-order valence-electron chi connectivity index (χ4n) is 3.94. The van der Waals surface area contributed by atoms with Crippen molar-refractivity contribution in [1.29, 1.82) is 0 Å². The molecule has 0 aliphatic carbocycles. The standard InChI is InChI=1S/C26H23F8N3O4/c1-24(28,29)13-41-15-3-4-16(19(11-15)26(32,33)34)23(40)37-9-7-25(30,31)18(12-22(39)36-8-6-21(35)38)17-10-14(27)2-5-20(17)37/h2-5,10-12H,6-9,13H2,1H3,(H2,35,38)(H,36,39). The highest BCUT2D eigenvalue weighted by Crippen LogP contribution is 2.44. The number of ether oxygens (including phenoxy) is 1. The number of halogens is 8. The molecular weight excluding hydrogens is 570 g/mol. The van der Waals surface area contributed by atoms with E-state index in [1.807, 2.05) is 0 Å². The second kappa shape index (κ2) is 11.7. The van der Waals surface area contributed by atoms with E-state index in [9.17, 15) is 40.7 Å². The summed E-state index contributed by atoms with van der Waals surface area (Å²) < 4.78 is 117. The minimum Gasteiger partial charge on any atom is -0.487 e. The maximum Gasteiger partial charge on any atom is 0.417 e. The van der Waals surface area contributed by atoms with Crippen LogP contribution in [0.4, 0.5) is 40.8 Å². The molecule has 0 atom stereocenters. The first-order valence-corrected chi connectivity index (χ1v) is 11.9. The molecule has 15 heteroatoms. The van der Waals surface area contributed by atoms with Crippen LogP contribution in [0, 0.1) is 5.82 Å². The summed E-state index contributed by atoms with van der Waals surface area (Å²) in [6.07, 6.45) is -6.20. The van der Waals surface area contributed by atoms with Gasteiger partial charge in [-0.25, -0.2) is 22.0 Å². The molecule has 3 N–H and O–H groups in total. The van der Waals surface area contributed by atoms with Crippen molar-refractivity contribution in [2.24, 2.45) is 5.73 Å². The molecule has 0 fully saturated rings. The predicted molar refractivity (Wildman–Crippen MR) is 130 cm³/mol. The molecule has 0 saturated carbocycles. The lowest BCUT2D eigenvalue weighted by molar-refractivity contribution is -0.138. The second-order valence-corrected chi connectivity index (χ2v) is 9.20. The summed E-state index contributed by atoms with van der Waals surface area (Å²) >= 11 is 0. The van der Waals surface area contributed by atoms with Crippen LogP contribution in [-0.4, -0.2) is 49.3 Å². The predicted octanol–water partition coefficient (Wildman–Crippen LogP) is 4.94. The average Bonchev–Trinajstić information content (AvgIpc) is 2.95. The van der Waals surface area contributed by atoms with Crippen molar-refractivity contribution in [3.05, 3.63) is 65.0 Å². The molecule has 2 aromatic carbocycles. The number of rotatable bonds is 8. The number of benzene rings is 2. The van der Waals surface area contributed by atoms with Crippen molar-refractivity contribution >= 4 is 29.0 Å². The molecule has 1 heterocycles. The molecule has 0 bridgehead atoms. The summed E-state index contributed by atoms with van der Waals surface area (Å²) in [5.74, 6) is -12.2. The van der Waals surface area contributed by atoms with E-state index < -0.39 is 94.8 Å². The molecule has 2 aromatic rings. The monoisotopic (exact) mass is 593 g/mol. The Morgan fingerprint density at radius 3 is 2.39 bits per heavy atom. The number of anilines is 1. The molecule has 0 saturated heterocycles. The van der Waals surface area contributed by atoms with Gasteiger partial charge in [-0.1, -0.05) is 0 Å². The number of carbonyl (C=O) groups is 3. The number of carbonyl (C=O) groups excluding carboxylic acids is 3. The first-order valence-electron chi connectivity index (χ1n) is 11.9. The SMILES string of the molecule is CC(F)(F)COc1ccc(C(=O)N2CCC(F)(F)C(=CC(=O)NCCC(N)=O)c3cc(F)ccc32)c(C(F)(F)F)c1.